The van der Waals surface area contributed by atoms with Crippen LogP contribution in [0.5, 0.6) is 0 Å². The molecule has 0 N–H and O–H groups in total. The second kappa shape index (κ2) is 4.20. The van der Waals surface area contributed by atoms with Gasteiger partial charge in [0.1, 0.15) is 11.8 Å². The highest BCUT2D eigenvalue weighted by Crippen LogP contribution is 2.18. The highest BCUT2D eigenvalue weighted by atomic mass is 32.2. The molecule has 2 rings (SSSR count). The van der Waals surface area contributed by atoms with E-state index in [1.165, 1.54) is 18.3 Å². The fraction of sp³-hybridized carbons (Fsp3) is 0.400. The predicted octanol–water partition coefficient (Wildman–Crippen LogP) is 0.373. The zero-order chi connectivity index (χ0) is 11.6. The van der Waals surface area contributed by atoms with E-state index in [4.69, 9.17) is 10.00 Å². The van der Waals surface area contributed by atoms with E-state index in [0.29, 0.717) is 13.2 Å². The lowest BCUT2D eigenvalue weighted by Crippen LogP contribution is -2.33. The zero-order valence-electron chi connectivity index (χ0n) is 8.46. The summed E-state index contributed by atoms with van der Waals surface area (Å²) in [6.45, 7) is 1.01. The van der Waals surface area contributed by atoms with Crippen LogP contribution in [0.3, 0.4) is 0 Å². The average molecular weight is 238 g/mol. The second-order valence-electron chi connectivity index (χ2n) is 3.68. The van der Waals surface area contributed by atoms with Crippen LogP contribution in [-0.2, 0) is 14.6 Å². The molecule has 0 amide bonds. The SMILES string of the molecule is N#Cc1ccc(S(=O)(=O)CC2COC2)cn1. The predicted molar refractivity (Wildman–Crippen MR) is 55.3 cm³/mol. The normalized spacial score (nSPS) is 16.4. The summed E-state index contributed by atoms with van der Waals surface area (Å²) >= 11 is 0. The summed E-state index contributed by atoms with van der Waals surface area (Å²) in [4.78, 5) is 3.91. The molecule has 0 atom stereocenters. The van der Waals surface area contributed by atoms with Gasteiger partial charge in [-0.25, -0.2) is 13.4 Å². The molecule has 2 heterocycles. The first-order valence-electron chi connectivity index (χ1n) is 4.78. The number of nitrogens with zero attached hydrogens (tertiary/aromatic N) is 2. The zero-order valence-corrected chi connectivity index (χ0v) is 9.27. The number of hydrogen-bond acceptors (Lipinski definition) is 5. The van der Waals surface area contributed by atoms with Crippen LogP contribution < -0.4 is 0 Å². The van der Waals surface area contributed by atoms with Crippen LogP contribution in [0.25, 0.3) is 0 Å². The number of hydrogen-bond donors (Lipinski definition) is 0. The molecule has 1 fully saturated rings. The smallest absolute Gasteiger partial charge is 0.180 e. The molecule has 84 valence electrons. The number of nitriles is 1. The quantitative estimate of drug-likeness (QED) is 0.760. The van der Waals surface area contributed by atoms with Crippen molar-refractivity contribution in [2.75, 3.05) is 19.0 Å². The molecule has 1 aliphatic heterocycles. The molecular formula is C10H10N2O3S. The average Bonchev–Trinajstić information content (AvgIpc) is 2.24. The van der Waals surface area contributed by atoms with Gasteiger partial charge in [0, 0.05) is 12.1 Å². The molecule has 0 unspecified atom stereocenters. The molecule has 1 aromatic heterocycles. The molecule has 0 aliphatic carbocycles. The van der Waals surface area contributed by atoms with Crippen molar-refractivity contribution in [1.82, 2.24) is 4.98 Å². The van der Waals surface area contributed by atoms with Crippen LogP contribution in [0.4, 0.5) is 0 Å². The minimum Gasteiger partial charge on any atom is -0.381 e. The van der Waals surface area contributed by atoms with E-state index in [9.17, 15) is 8.42 Å². The molecule has 0 spiro atoms. The Hall–Kier alpha value is -1.45. The van der Waals surface area contributed by atoms with Crippen LogP contribution in [0.2, 0.25) is 0 Å². The van der Waals surface area contributed by atoms with Gasteiger partial charge in [0.05, 0.1) is 23.9 Å². The Kier molecular flexibility index (Phi) is 2.90. The molecule has 0 bridgehead atoms. The highest BCUT2D eigenvalue weighted by Gasteiger charge is 2.26. The van der Waals surface area contributed by atoms with Gasteiger partial charge in [0.15, 0.2) is 9.84 Å². The van der Waals surface area contributed by atoms with Gasteiger partial charge in [-0.2, -0.15) is 5.26 Å². The van der Waals surface area contributed by atoms with Gasteiger partial charge < -0.3 is 4.74 Å². The Morgan fingerprint density at radius 2 is 2.25 bits per heavy atom. The first kappa shape index (κ1) is 11.0. The summed E-state index contributed by atoms with van der Waals surface area (Å²) in [5, 5.41) is 8.55. The minimum absolute atomic E-state index is 0.0839. The van der Waals surface area contributed by atoms with Gasteiger partial charge in [-0.1, -0.05) is 0 Å². The molecule has 1 aromatic rings. The molecule has 1 saturated heterocycles. The Morgan fingerprint density at radius 1 is 1.50 bits per heavy atom. The second-order valence-corrected chi connectivity index (χ2v) is 5.71. The Balaban J connectivity index is 2.18. The minimum atomic E-state index is -3.30. The van der Waals surface area contributed by atoms with Gasteiger partial charge in [-0.05, 0) is 12.1 Å². The third-order valence-corrected chi connectivity index (χ3v) is 4.24. The summed E-state index contributed by atoms with van der Waals surface area (Å²) in [7, 11) is -3.30. The van der Waals surface area contributed by atoms with E-state index in [1.54, 1.807) is 0 Å². The molecule has 0 saturated carbocycles. The number of aromatic nitrogens is 1. The van der Waals surface area contributed by atoms with E-state index >= 15 is 0 Å². The number of sulfone groups is 1. The molecule has 16 heavy (non-hydrogen) atoms. The van der Waals surface area contributed by atoms with Gasteiger partial charge in [0.2, 0.25) is 0 Å². The molecule has 0 aromatic carbocycles. The largest absolute Gasteiger partial charge is 0.381 e. The Bertz CT molecular complexity index is 512. The first-order chi connectivity index (χ1) is 7.62. The fourth-order valence-corrected chi connectivity index (χ4v) is 2.91. The third-order valence-electron chi connectivity index (χ3n) is 2.37. The monoisotopic (exact) mass is 238 g/mol. The number of pyridine rings is 1. The van der Waals surface area contributed by atoms with Crippen molar-refractivity contribution >= 4 is 9.84 Å². The van der Waals surface area contributed by atoms with Crippen molar-refractivity contribution in [3.8, 4) is 6.07 Å². The summed E-state index contributed by atoms with van der Waals surface area (Å²) in [6, 6.07) is 4.67. The van der Waals surface area contributed by atoms with Crippen LogP contribution in [0.15, 0.2) is 23.2 Å². The lowest BCUT2D eigenvalue weighted by molar-refractivity contribution is -0.0204. The Labute approximate surface area is 93.6 Å². The number of rotatable bonds is 3. The molecule has 0 radical (unpaired) electrons. The van der Waals surface area contributed by atoms with E-state index in [-0.39, 0.29) is 22.3 Å². The molecule has 1 aliphatic rings. The van der Waals surface area contributed by atoms with Crippen molar-refractivity contribution < 1.29 is 13.2 Å². The highest BCUT2D eigenvalue weighted by molar-refractivity contribution is 7.91. The van der Waals surface area contributed by atoms with Crippen LogP contribution in [-0.4, -0.2) is 32.4 Å². The molecule has 6 heteroatoms. The summed E-state index contributed by atoms with van der Waals surface area (Å²) in [5.41, 5.74) is 0.214. The maximum absolute atomic E-state index is 11.9. The van der Waals surface area contributed by atoms with Crippen molar-refractivity contribution in [3.63, 3.8) is 0 Å². The third kappa shape index (κ3) is 2.21. The Morgan fingerprint density at radius 3 is 2.69 bits per heavy atom. The van der Waals surface area contributed by atoms with E-state index in [1.807, 2.05) is 6.07 Å². The maximum Gasteiger partial charge on any atom is 0.180 e. The standard InChI is InChI=1S/C10H10N2O3S/c11-3-9-1-2-10(4-12-9)16(13,14)7-8-5-15-6-8/h1-2,4,8H,5-7H2. The van der Waals surface area contributed by atoms with Gasteiger partial charge in [0.25, 0.3) is 0 Å². The summed E-state index contributed by atoms with van der Waals surface area (Å²) < 4.78 is 28.6. The molecular weight excluding hydrogens is 228 g/mol. The maximum atomic E-state index is 11.9. The van der Waals surface area contributed by atoms with Crippen molar-refractivity contribution in [3.05, 3.63) is 24.0 Å². The van der Waals surface area contributed by atoms with E-state index in [2.05, 4.69) is 4.98 Å². The van der Waals surface area contributed by atoms with Gasteiger partial charge >= 0.3 is 0 Å². The van der Waals surface area contributed by atoms with Gasteiger partial charge in [-0.15, -0.1) is 0 Å². The van der Waals surface area contributed by atoms with E-state index < -0.39 is 9.84 Å². The van der Waals surface area contributed by atoms with Gasteiger partial charge in [-0.3, -0.25) is 0 Å². The van der Waals surface area contributed by atoms with E-state index in [0.717, 1.165) is 0 Å². The van der Waals surface area contributed by atoms with Crippen LogP contribution >= 0.6 is 0 Å². The van der Waals surface area contributed by atoms with Crippen LogP contribution in [0, 0.1) is 17.2 Å². The lowest BCUT2D eigenvalue weighted by atomic mass is 10.1. The number of ether oxygens (including phenoxy) is 1. The first-order valence-corrected chi connectivity index (χ1v) is 6.44. The topological polar surface area (TPSA) is 80.0 Å². The summed E-state index contributed by atoms with van der Waals surface area (Å²) in [5.74, 6) is 0.168. The fourth-order valence-electron chi connectivity index (χ4n) is 1.42. The van der Waals surface area contributed by atoms with Crippen LogP contribution in [0.1, 0.15) is 5.69 Å². The van der Waals surface area contributed by atoms with Crippen molar-refractivity contribution in [2.45, 2.75) is 4.90 Å². The lowest BCUT2D eigenvalue weighted by Gasteiger charge is -2.25. The van der Waals surface area contributed by atoms with Crippen molar-refractivity contribution in [1.29, 1.82) is 5.26 Å². The molecule has 5 nitrogen and oxygen atoms in total. The summed E-state index contributed by atoms with van der Waals surface area (Å²) in [6.07, 6.45) is 1.23. The van der Waals surface area contributed by atoms with Crippen molar-refractivity contribution in [2.24, 2.45) is 5.92 Å².